The zero-order valence-electron chi connectivity index (χ0n) is 8.38. The molecule has 0 aliphatic carbocycles. The molecule has 0 atom stereocenters. The highest BCUT2D eigenvalue weighted by molar-refractivity contribution is 6.44. The first kappa shape index (κ1) is 12.8. The number of rotatable bonds is 3. The van der Waals surface area contributed by atoms with E-state index >= 15 is 0 Å². The smallest absolute Gasteiger partial charge is 0.335 e. The normalized spacial score (nSPS) is 9.94. The summed E-state index contributed by atoms with van der Waals surface area (Å²) in [6, 6.07) is 2.50. The van der Waals surface area contributed by atoms with Gasteiger partial charge >= 0.3 is 5.97 Å². The number of carboxylic acids is 1. The van der Waals surface area contributed by atoms with Crippen molar-refractivity contribution >= 4 is 40.8 Å². The summed E-state index contributed by atoms with van der Waals surface area (Å²) >= 11 is 11.6. The highest BCUT2D eigenvalue weighted by Gasteiger charge is 2.13. The van der Waals surface area contributed by atoms with E-state index in [1.807, 2.05) is 0 Å². The summed E-state index contributed by atoms with van der Waals surface area (Å²) in [6.45, 7) is 1.67. The molecule has 0 radical (unpaired) electrons. The van der Waals surface area contributed by atoms with Crippen molar-refractivity contribution in [2.45, 2.75) is 13.3 Å². The number of hydrogen-bond acceptors (Lipinski definition) is 2. The highest BCUT2D eigenvalue weighted by atomic mass is 35.5. The second kappa shape index (κ2) is 5.18. The standard InChI is InChI=1S/C10H9Cl2NO3/c1-2-8(14)13-7-4-5(10(15)16)3-6(11)9(7)12/h3-4H,2H2,1H3,(H,13,14)(H,15,16). The van der Waals surface area contributed by atoms with E-state index in [2.05, 4.69) is 5.32 Å². The van der Waals surface area contributed by atoms with Crippen LogP contribution in [0.15, 0.2) is 12.1 Å². The molecule has 4 nitrogen and oxygen atoms in total. The number of carbonyl (C=O) groups is 2. The SMILES string of the molecule is CCC(=O)Nc1cc(C(=O)O)cc(Cl)c1Cl. The van der Waals surface area contributed by atoms with Crippen molar-refractivity contribution in [3.8, 4) is 0 Å². The lowest BCUT2D eigenvalue weighted by atomic mass is 10.2. The molecule has 0 fully saturated rings. The third-order valence-corrected chi connectivity index (χ3v) is 2.67. The maximum absolute atomic E-state index is 11.2. The Balaban J connectivity index is 3.16. The van der Waals surface area contributed by atoms with Crippen LogP contribution in [-0.4, -0.2) is 17.0 Å². The number of carbonyl (C=O) groups excluding carboxylic acids is 1. The summed E-state index contributed by atoms with van der Waals surface area (Å²) < 4.78 is 0. The van der Waals surface area contributed by atoms with Crippen molar-refractivity contribution in [2.24, 2.45) is 0 Å². The van der Waals surface area contributed by atoms with Crippen molar-refractivity contribution in [3.05, 3.63) is 27.7 Å². The molecule has 16 heavy (non-hydrogen) atoms. The number of aromatic carboxylic acids is 1. The topological polar surface area (TPSA) is 66.4 Å². The molecule has 1 rings (SSSR count). The van der Waals surface area contributed by atoms with Crippen LogP contribution in [0.1, 0.15) is 23.7 Å². The zero-order chi connectivity index (χ0) is 12.3. The number of hydrogen-bond donors (Lipinski definition) is 2. The van der Waals surface area contributed by atoms with E-state index in [4.69, 9.17) is 28.3 Å². The van der Waals surface area contributed by atoms with E-state index in [1.165, 1.54) is 12.1 Å². The zero-order valence-corrected chi connectivity index (χ0v) is 9.89. The van der Waals surface area contributed by atoms with Gasteiger partial charge in [-0.05, 0) is 12.1 Å². The van der Waals surface area contributed by atoms with Gasteiger partial charge in [-0.25, -0.2) is 4.79 Å². The van der Waals surface area contributed by atoms with Gasteiger partial charge in [-0.3, -0.25) is 4.79 Å². The molecule has 0 heterocycles. The van der Waals surface area contributed by atoms with Gasteiger partial charge in [0, 0.05) is 6.42 Å². The minimum Gasteiger partial charge on any atom is -0.478 e. The van der Waals surface area contributed by atoms with Gasteiger partial charge < -0.3 is 10.4 Å². The summed E-state index contributed by atoms with van der Waals surface area (Å²) in [7, 11) is 0. The molecule has 0 saturated carbocycles. The quantitative estimate of drug-likeness (QED) is 0.879. The van der Waals surface area contributed by atoms with E-state index in [0.717, 1.165) is 0 Å². The number of amides is 1. The molecule has 0 saturated heterocycles. The molecule has 0 unspecified atom stereocenters. The van der Waals surface area contributed by atoms with Crippen LogP contribution >= 0.6 is 23.2 Å². The van der Waals surface area contributed by atoms with Crippen LogP contribution < -0.4 is 5.32 Å². The lowest BCUT2D eigenvalue weighted by Crippen LogP contribution is -2.11. The molecule has 1 aromatic rings. The van der Waals surface area contributed by atoms with Crippen molar-refractivity contribution in [2.75, 3.05) is 5.32 Å². The third kappa shape index (κ3) is 2.87. The molecule has 0 aromatic heterocycles. The molecule has 1 amide bonds. The second-order valence-corrected chi connectivity index (χ2v) is 3.81. The lowest BCUT2D eigenvalue weighted by Gasteiger charge is -2.08. The second-order valence-electron chi connectivity index (χ2n) is 3.03. The fourth-order valence-corrected chi connectivity index (χ4v) is 1.42. The van der Waals surface area contributed by atoms with Crippen molar-refractivity contribution in [1.29, 1.82) is 0 Å². The van der Waals surface area contributed by atoms with Gasteiger partial charge in [0.05, 0.1) is 21.3 Å². The molecule has 1 aromatic carbocycles. The van der Waals surface area contributed by atoms with Gasteiger partial charge in [-0.15, -0.1) is 0 Å². The minimum absolute atomic E-state index is 0.0270. The Morgan fingerprint density at radius 1 is 1.38 bits per heavy atom. The van der Waals surface area contributed by atoms with E-state index in [9.17, 15) is 9.59 Å². The molecular weight excluding hydrogens is 253 g/mol. The predicted molar refractivity (Wildman–Crippen MR) is 62.3 cm³/mol. The first-order chi connectivity index (χ1) is 7.45. The summed E-state index contributed by atoms with van der Waals surface area (Å²) in [5.74, 6) is -1.40. The van der Waals surface area contributed by atoms with E-state index < -0.39 is 5.97 Å². The first-order valence-electron chi connectivity index (χ1n) is 4.48. The minimum atomic E-state index is -1.13. The van der Waals surface area contributed by atoms with Crippen LogP contribution in [0.4, 0.5) is 5.69 Å². The number of anilines is 1. The van der Waals surface area contributed by atoms with Gasteiger partial charge in [-0.2, -0.15) is 0 Å². The largest absolute Gasteiger partial charge is 0.478 e. The van der Waals surface area contributed by atoms with Crippen LogP contribution in [0.3, 0.4) is 0 Å². The van der Waals surface area contributed by atoms with Crippen molar-refractivity contribution in [1.82, 2.24) is 0 Å². The Morgan fingerprint density at radius 2 is 2.00 bits per heavy atom. The molecule has 0 spiro atoms. The molecular formula is C10H9Cl2NO3. The first-order valence-corrected chi connectivity index (χ1v) is 5.23. The monoisotopic (exact) mass is 261 g/mol. The van der Waals surface area contributed by atoms with E-state index in [0.29, 0.717) is 0 Å². The molecule has 0 aliphatic heterocycles. The fourth-order valence-electron chi connectivity index (χ4n) is 1.04. The Morgan fingerprint density at radius 3 is 2.50 bits per heavy atom. The van der Waals surface area contributed by atoms with Crippen molar-refractivity contribution < 1.29 is 14.7 Å². The molecule has 86 valence electrons. The lowest BCUT2D eigenvalue weighted by molar-refractivity contribution is -0.115. The maximum atomic E-state index is 11.2. The van der Waals surface area contributed by atoms with Crippen LogP contribution in [0.2, 0.25) is 10.0 Å². The fraction of sp³-hybridized carbons (Fsp3) is 0.200. The van der Waals surface area contributed by atoms with Crippen LogP contribution in [0.25, 0.3) is 0 Å². The van der Waals surface area contributed by atoms with Crippen LogP contribution in [-0.2, 0) is 4.79 Å². The highest BCUT2D eigenvalue weighted by Crippen LogP contribution is 2.31. The average molecular weight is 262 g/mol. The Hall–Kier alpha value is -1.26. The summed E-state index contributed by atoms with van der Waals surface area (Å²) in [6.07, 6.45) is 0.269. The van der Waals surface area contributed by atoms with E-state index in [-0.39, 0.29) is 33.6 Å². The van der Waals surface area contributed by atoms with Crippen LogP contribution in [0.5, 0.6) is 0 Å². The molecule has 2 N–H and O–H groups in total. The van der Waals surface area contributed by atoms with Gasteiger partial charge in [0.2, 0.25) is 5.91 Å². The van der Waals surface area contributed by atoms with Gasteiger partial charge in [0.1, 0.15) is 0 Å². The van der Waals surface area contributed by atoms with Crippen molar-refractivity contribution in [3.63, 3.8) is 0 Å². The third-order valence-electron chi connectivity index (χ3n) is 1.87. The Bertz CT molecular complexity index is 446. The molecule has 6 heteroatoms. The van der Waals surface area contributed by atoms with E-state index in [1.54, 1.807) is 6.92 Å². The van der Waals surface area contributed by atoms with Crippen LogP contribution in [0, 0.1) is 0 Å². The summed E-state index contributed by atoms with van der Waals surface area (Å²) in [5.41, 5.74) is 0.180. The van der Waals surface area contributed by atoms with Gasteiger partial charge in [0.15, 0.2) is 0 Å². The van der Waals surface area contributed by atoms with Gasteiger partial charge in [-0.1, -0.05) is 30.1 Å². The number of benzene rings is 1. The molecule has 0 bridgehead atoms. The summed E-state index contributed by atoms with van der Waals surface area (Å²) in [4.78, 5) is 21.9. The Labute approximate surface area is 102 Å². The predicted octanol–water partition coefficient (Wildman–Crippen LogP) is 3.04. The average Bonchev–Trinajstić information content (AvgIpc) is 2.23. The van der Waals surface area contributed by atoms with Gasteiger partial charge in [0.25, 0.3) is 0 Å². The Kier molecular flexibility index (Phi) is 4.15. The molecule has 0 aliphatic rings. The summed E-state index contributed by atoms with van der Waals surface area (Å²) in [5, 5.41) is 11.5. The maximum Gasteiger partial charge on any atom is 0.335 e. The number of halogens is 2. The number of nitrogens with one attached hydrogen (secondary N) is 1. The number of carboxylic acid groups (broad SMARTS) is 1.